The second-order valence-electron chi connectivity index (χ2n) is 6.42. The molecule has 1 aliphatic heterocycles. The summed E-state index contributed by atoms with van der Waals surface area (Å²) in [4.78, 5) is 2.56. The van der Waals surface area contributed by atoms with E-state index >= 15 is 0 Å². The van der Waals surface area contributed by atoms with Gasteiger partial charge in [0.05, 0.1) is 11.9 Å². The van der Waals surface area contributed by atoms with E-state index in [1.807, 2.05) is 12.3 Å². The maximum absolute atomic E-state index is 4.22. The number of piperidine rings is 1. The molecule has 1 aromatic carbocycles. The number of H-pyrrole nitrogens is 1. The number of nitrogens with zero attached hydrogens (tertiary/aromatic N) is 2. The number of aromatic nitrogens is 2. The zero-order valence-corrected chi connectivity index (χ0v) is 14.8. The lowest BCUT2D eigenvalue weighted by Gasteiger charge is -2.35. The molecule has 0 amide bonds. The highest BCUT2D eigenvalue weighted by atomic mass is 35.5. The highest BCUT2D eigenvalue weighted by molar-refractivity contribution is 5.85. The van der Waals surface area contributed by atoms with Gasteiger partial charge in [-0.25, -0.2) is 0 Å². The number of benzene rings is 1. The summed E-state index contributed by atoms with van der Waals surface area (Å²) in [5, 5.41) is 11.1. The van der Waals surface area contributed by atoms with Gasteiger partial charge in [0.1, 0.15) is 0 Å². The number of hydrogen-bond acceptors (Lipinski definition) is 3. The second kappa shape index (κ2) is 8.48. The first-order chi connectivity index (χ1) is 10.7. The number of likely N-dealkylation sites (tertiary alicyclic amines) is 1. The van der Waals surface area contributed by atoms with Crippen LogP contribution >= 0.6 is 12.4 Å². The van der Waals surface area contributed by atoms with Crippen LogP contribution in [0.25, 0.3) is 11.3 Å². The molecule has 4 nitrogen and oxygen atoms in total. The Labute approximate surface area is 145 Å². The fourth-order valence-corrected chi connectivity index (χ4v) is 3.17. The molecule has 0 spiro atoms. The van der Waals surface area contributed by atoms with Crippen LogP contribution in [-0.2, 0) is 6.54 Å². The lowest BCUT2D eigenvalue weighted by atomic mass is 10.0. The molecule has 0 atom stereocenters. The van der Waals surface area contributed by atoms with Crippen LogP contribution < -0.4 is 5.32 Å². The molecule has 1 aromatic heterocycles. The molecule has 0 saturated carbocycles. The van der Waals surface area contributed by atoms with Crippen molar-refractivity contribution in [2.45, 2.75) is 45.3 Å². The number of halogens is 1. The molecule has 0 aliphatic carbocycles. The van der Waals surface area contributed by atoms with Crippen LogP contribution in [0.15, 0.2) is 36.5 Å². The summed E-state index contributed by atoms with van der Waals surface area (Å²) in [6.07, 6.45) is 4.41. The highest BCUT2D eigenvalue weighted by Crippen LogP contribution is 2.21. The van der Waals surface area contributed by atoms with Crippen molar-refractivity contribution in [1.82, 2.24) is 20.4 Å². The van der Waals surface area contributed by atoms with Gasteiger partial charge >= 0.3 is 0 Å². The summed E-state index contributed by atoms with van der Waals surface area (Å²) in [5.74, 6) is 0. The maximum Gasteiger partial charge on any atom is 0.0695 e. The van der Waals surface area contributed by atoms with Crippen LogP contribution in [0.2, 0.25) is 0 Å². The summed E-state index contributed by atoms with van der Waals surface area (Å²) in [5.41, 5.74) is 3.58. The van der Waals surface area contributed by atoms with Crippen molar-refractivity contribution in [3.05, 3.63) is 42.1 Å². The molecule has 0 radical (unpaired) electrons. The predicted octanol–water partition coefficient (Wildman–Crippen LogP) is 3.46. The third-order valence-electron chi connectivity index (χ3n) is 4.62. The Hall–Kier alpha value is -1.36. The summed E-state index contributed by atoms with van der Waals surface area (Å²) in [6.45, 7) is 7.85. The first kappa shape index (κ1) is 18.0. The Morgan fingerprint density at radius 2 is 1.91 bits per heavy atom. The Kier molecular flexibility index (Phi) is 6.63. The zero-order chi connectivity index (χ0) is 15.4. The van der Waals surface area contributed by atoms with Gasteiger partial charge in [-0.2, -0.15) is 5.10 Å². The van der Waals surface area contributed by atoms with Crippen LogP contribution in [0.5, 0.6) is 0 Å². The van der Waals surface area contributed by atoms with Crippen molar-refractivity contribution in [2.24, 2.45) is 0 Å². The zero-order valence-electron chi connectivity index (χ0n) is 14.0. The van der Waals surface area contributed by atoms with Gasteiger partial charge in [-0.15, -0.1) is 12.4 Å². The number of aromatic amines is 1. The standard InChI is InChI=1S/C18H26N4.ClH/c1-14(2)22-10-8-17(9-11-22)19-12-16-13-20-21-18(16)15-6-4-3-5-7-15;/h3-7,13-14,17,19H,8-12H2,1-2H3,(H,20,21);1H. The monoisotopic (exact) mass is 334 g/mol. The van der Waals surface area contributed by atoms with Crippen molar-refractivity contribution < 1.29 is 0 Å². The minimum absolute atomic E-state index is 0. The van der Waals surface area contributed by atoms with E-state index in [0.717, 1.165) is 12.2 Å². The van der Waals surface area contributed by atoms with Gasteiger partial charge in [0.25, 0.3) is 0 Å². The lowest BCUT2D eigenvalue weighted by Crippen LogP contribution is -2.44. The van der Waals surface area contributed by atoms with E-state index in [9.17, 15) is 0 Å². The third-order valence-corrected chi connectivity index (χ3v) is 4.62. The fourth-order valence-electron chi connectivity index (χ4n) is 3.17. The minimum Gasteiger partial charge on any atom is -0.310 e. The van der Waals surface area contributed by atoms with Gasteiger partial charge in [-0.3, -0.25) is 5.10 Å². The van der Waals surface area contributed by atoms with Crippen molar-refractivity contribution in [1.29, 1.82) is 0 Å². The van der Waals surface area contributed by atoms with Gasteiger partial charge < -0.3 is 10.2 Å². The van der Waals surface area contributed by atoms with Gasteiger partial charge in [-0.05, 0) is 45.3 Å². The number of rotatable bonds is 5. The Bertz CT molecular complexity index is 574. The van der Waals surface area contributed by atoms with Crippen molar-refractivity contribution in [3.8, 4) is 11.3 Å². The van der Waals surface area contributed by atoms with E-state index in [4.69, 9.17) is 0 Å². The average molecular weight is 335 g/mol. The third kappa shape index (κ3) is 4.56. The van der Waals surface area contributed by atoms with Gasteiger partial charge in [0, 0.05) is 24.2 Å². The molecular weight excluding hydrogens is 308 g/mol. The minimum atomic E-state index is 0. The molecule has 2 heterocycles. The fraction of sp³-hybridized carbons (Fsp3) is 0.500. The topological polar surface area (TPSA) is 44.0 Å². The molecule has 2 aromatic rings. The van der Waals surface area contributed by atoms with Crippen LogP contribution in [-0.4, -0.2) is 40.3 Å². The van der Waals surface area contributed by atoms with Crippen LogP contribution in [0.1, 0.15) is 32.3 Å². The summed E-state index contributed by atoms with van der Waals surface area (Å²) in [7, 11) is 0. The van der Waals surface area contributed by atoms with E-state index in [1.165, 1.54) is 37.1 Å². The quantitative estimate of drug-likeness (QED) is 0.880. The Balaban J connectivity index is 0.00000192. The van der Waals surface area contributed by atoms with Crippen LogP contribution in [0.4, 0.5) is 0 Å². The van der Waals surface area contributed by atoms with Crippen molar-refractivity contribution in [2.75, 3.05) is 13.1 Å². The first-order valence-corrected chi connectivity index (χ1v) is 8.29. The first-order valence-electron chi connectivity index (χ1n) is 8.29. The lowest BCUT2D eigenvalue weighted by molar-refractivity contribution is 0.161. The maximum atomic E-state index is 4.22. The molecule has 5 heteroatoms. The van der Waals surface area contributed by atoms with E-state index < -0.39 is 0 Å². The SMILES string of the molecule is CC(C)N1CCC(NCc2cn[nH]c2-c2ccccc2)CC1.Cl. The molecule has 1 aliphatic rings. The summed E-state index contributed by atoms with van der Waals surface area (Å²) >= 11 is 0. The predicted molar refractivity (Wildman–Crippen MR) is 97.8 cm³/mol. The molecule has 1 saturated heterocycles. The van der Waals surface area contributed by atoms with Crippen LogP contribution in [0.3, 0.4) is 0 Å². The smallest absolute Gasteiger partial charge is 0.0695 e. The summed E-state index contributed by atoms with van der Waals surface area (Å²) in [6, 6.07) is 11.7. The second-order valence-corrected chi connectivity index (χ2v) is 6.42. The molecule has 126 valence electrons. The van der Waals surface area contributed by atoms with Crippen LogP contribution in [0, 0.1) is 0 Å². The van der Waals surface area contributed by atoms with E-state index in [0.29, 0.717) is 12.1 Å². The molecule has 2 N–H and O–H groups in total. The number of hydrogen-bond donors (Lipinski definition) is 2. The number of nitrogens with one attached hydrogen (secondary N) is 2. The Morgan fingerprint density at radius 3 is 2.57 bits per heavy atom. The van der Waals surface area contributed by atoms with Gasteiger partial charge in [0.15, 0.2) is 0 Å². The summed E-state index contributed by atoms with van der Waals surface area (Å²) < 4.78 is 0. The van der Waals surface area contributed by atoms with Crippen molar-refractivity contribution >= 4 is 12.4 Å². The molecule has 23 heavy (non-hydrogen) atoms. The average Bonchev–Trinajstić information content (AvgIpc) is 3.02. The Morgan fingerprint density at radius 1 is 1.22 bits per heavy atom. The van der Waals surface area contributed by atoms with E-state index in [1.54, 1.807) is 0 Å². The van der Waals surface area contributed by atoms with Gasteiger partial charge in [-0.1, -0.05) is 30.3 Å². The normalized spacial score (nSPS) is 16.5. The largest absolute Gasteiger partial charge is 0.310 e. The molecule has 0 bridgehead atoms. The molecule has 0 unspecified atom stereocenters. The van der Waals surface area contributed by atoms with Gasteiger partial charge in [0.2, 0.25) is 0 Å². The van der Waals surface area contributed by atoms with Crippen molar-refractivity contribution in [3.63, 3.8) is 0 Å². The molecule has 3 rings (SSSR count). The van der Waals surface area contributed by atoms with E-state index in [2.05, 4.69) is 58.5 Å². The molecule has 1 fully saturated rings. The molecular formula is C18H27ClN4. The highest BCUT2D eigenvalue weighted by Gasteiger charge is 2.20. The van der Waals surface area contributed by atoms with E-state index in [-0.39, 0.29) is 12.4 Å².